The lowest BCUT2D eigenvalue weighted by Gasteiger charge is -2.21. The number of para-hydroxylation sites is 7. The minimum atomic E-state index is -0.0519. The van der Waals surface area contributed by atoms with E-state index in [-0.39, 0.29) is 5.41 Å². The zero-order chi connectivity index (χ0) is 90.2. The molecule has 642 valence electrons. The molecule has 0 spiro atoms. The Morgan fingerprint density at radius 2 is 0.591 bits per heavy atom. The topological polar surface area (TPSA) is 145 Å². The van der Waals surface area contributed by atoms with Crippen molar-refractivity contribution in [3.63, 3.8) is 0 Å². The SMILES string of the molecule is CC1(C)c2ccccc2-c2c1ccc1c2c2ccccc2n1-c1ccc(-c2nc(-c3ccccc3)nc3oc4ccccc4c23)cc1.c1ccc(-c2nc(-c3cccc(-n4c5ccccc5c5c6c(ccc54)oc4ccccc46)c3)c3c(n2)oc2ccccc23)cc1.c1ccc(-c2nc(-c3cccc(-n4c5ccccc5c5c6c(ccc54)sc4ccccc46)c3)c3c(n2)oc2ccccc23)cc1. The number of nitrogens with zero attached hydrogens (tertiary/aromatic N) is 9. The van der Waals surface area contributed by atoms with E-state index in [1.165, 1.54) is 96.8 Å². The Morgan fingerprint density at radius 3 is 1.09 bits per heavy atom. The van der Waals surface area contributed by atoms with Crippen LogP contribution < -0.4 is 0 Å². The zero-order valence-electron chi connectivity index (χ0n) is 73.9. The first kappa shape index (κ1) is 77.8. The summed E-state index contributed by atoms with van der Waals surface area (Å²) in [5.74, 6) is 1.93. The van der Waals surface area contributed by atoms with Crippen LogP contribution in [0.1, 0.15) is 25.0 Å². The Bertz CT molecular complexity index is 9670. The van der Waals surface area contributed by atoms with E-state index in [4.69, 9.17) is 47.6 Å². The van der Waals surface area contributed by atoms with Crippen molar-refractivity contribution in [1.29, 1.82) is 0 Å². The highest BCUT2D eigenvalue weighted by Crippen LogP contribution is 2.55. The number of hydrogen-bond donors (Lipinski definition) is 0. The molecule has 11 heterocycles. The number of hydrogen-bond acceptors (Lipinski definition) is 11. The lowest BCUT2D eigenvalue weighted by atomic mass is 9.82. The van der Waals surface area contributed by atoms with Crippen LogP contribution in [0.25, 0.3) is 270 Å². The Kier molecular flexibility index (Phi) is 17.3. The molecule has 0 amide bonds. The average molecular weight is 1780 g/mol. The first-order valence-electron chi connectivity index (χ1n) is 46.1. The van der Waals surface area contributed by atoms with Crippen molar-refractivity contribution >= 4 is 185 Å². The minimum Gasteiger partial charge on any atom is -0.456 e. The molecule has 14 heteroatoms. The van der Waals surface area contributed by atoms with Crippen molar-refractivity contribution in [2.45, 2.75) is 19.3 Å². The summed E-state index contributed by atoms with van der Waals surface area (Å²) < 4.78 is 34.9. The fourth-order valence-corrected chi connectivity index (χ4v) is 22.7. The van der Waals surface area contributed by atoms with Gasteiger partial charge in [0.15, 0.2) is 17.5 Å². The van der Waals surface area contributed by atoms with Gasteiger partial charge in [-0.2, -0.15) is 15.0 Å². The van der Waals surface area contributed by atoms with Gasteiger partial charge in [-0.1, -0.05) is 317 Å². The molecule has 0 saturated heterocycles. The molecule has 0 bridgehead atoms. The van der Waals surface area contributed by atoms with Crippen molar-refractivity contribution in [3.05, 3.63) is 430 Å². The molecule has 1 aliphatic rings. The number of benzene rings is 18. The molecule has 29 aromatic rings. The van der Waals surface area contributed by atoms with Crippen molar-refractivity contribution in [2.75, 3.05) is 0 Å². The van der Waals surface area contributed by atoms with Gasteiger partial charge < -0.3 is 31.4 Å². The van der Waals surface area contributed by atoms with E-state index in [2.05, 4.69) is 288 Å². The van der Waals surface area contributed by atoms with Gasteiger partial charge in [0, 0.05) is 135 Å². The van der Waals surface area contributed by atoms with Gasteiger partial charge >= 0.3 is 0 Å². The minimum absolute atomic E-state index is 0.0519. The van der Waals surface area contributed by atoms with E-state index in [1.807, 2.05) is 169 Å². The second kappa shape index (κ2) is 30.5. The lowest BCUT2D eigenvalue weighted by Crippen LogP contribution is -2.14. The van der Waals surface area contributed by atoms with Gasteiger partial charge in [0.1, 0.15) is 27.9 Å². The second-order valence-corrected chi connectivity index (χ2v) is 36.8. The molecule has 0 aliphatic heterocycles. The van der Waals surface area contributed by atoms with Gasteiger partial charge in [0.25, 0.3) is 0 Å². The number of thiophene rings is 1. The van der Waals surface area contributed by atoms with E-state index in [0.717, 1.165) is 150 Å². The van der Waals surface area contributed by atoms with Crippen molar-refractivity contribution in [1.82, 2.24) is 43.6 Å². The Morgan fingerprint density at radius 1 is 0.219 bits per heavy atom. The molecule has 0 saturated carbocycles. The molecule has 13 nitrogen and oxygen atoms in total. The smallest absolute Gasteiger partial charge is 0.231 e. The summed E-state index contributed by atoms with van der Waals surface area (Å²) in [7, 11) is 0. The fourth-order valence-electron chi connectivity index (χ4n) is 21.6. The van der Waals surface area contributed by atoms with Gasteiger partial charge in [0.2, 0.25) is 17.1 Å². The molecule has 11 aromatic heterocycles. The molecule has 137 heavy (non-hydrogen) atoms. The van der Waals surface area contributed by atoms with Crippen molar-refractivity contribution in [2.24, 2.45) is 0 Å². The Balaban J connectivity index is 0.000000102. The number of rotatable bonds is 9. The summed E-state index contributed by atoms with van der Waals surface area (Å²) in [5.41, 5.74) is 30.1. The molecule has 30 rings (SSSR count). The molecule has 18 aromatic carbocycles. The first-order chi connectivity index (χ1) is 67.7. The lowest BCUT2D eigenvalue weighted by molar-refractivity contribution is 0.653. The zero-order valence-corrected chi connectivity index (χ0v) is 74.7. The van der Waals surface area contributed by atoms with Gasteiger partial charge in [-0.05, 0) is 138 Å². The Hall–Kier alpha value is -18.0. The van der Waals surface area contributed by atoms with Crippen LogP contribution in [-0.2, 0) is 5.41 Å². The molecular weight excluding hydrogens is 1700 g/mol. The summed E-state index contributed by atoms with van der Waals surface area (Å²) in [5, 5.41) is 18.2. The monoisotopic (exact) mass is 1770 g/mol. The van der Waals surface area contributed by atoms with Crippen LogP contribution in [0.5, 0.6) is 0 Å². The largest absolute Gasteiger partial charge is 0.456 e. The quantitative estimate of drug-likeness (QED) is 0.137. The first-order valence-corrected chi connectivity index (χ1v) is 46.9. The van der Waals surface area contributed by atoms with Crippen molar-refractivity contribution in [3.8, 4) is 96.1 Å². The van der Waals surface area contributed by atoms with Crippen LogP contribution in [0.4, 0.5) is 0 Å². The number of furan rings is 4. The van der Waals surface area contributed by atoms with Gasteiger partial charge in [0.05, 0.1) is 66.3 Å². The van der Waals surface area contributed by atoms with Crippen LogP contribution in [-0.4, -0.2) is 43.6 Å². The van der Waals surface area contributed by atoms with Crippen LogP contribution >= 0.6 is 11.3 Å². The maximum Gasteiger partial charge on any atom is 0.231 e. The van der Waals surface area contributed by atoms with E-state index >= 15 is 0 Å². The third-order valence-electron chi connectivity index (χ3n) is 27.7. The predicted molar refractivity (Wildman–Crippen MR) is 561 cm³/mol. The summed E-state index contributed by atoms with van der Waals surface area (Å²) >= 11 is 1.86. The number of fused-ring (bicyclic) bond motifs is 30. The van der Waals surface area contributed by atoms with Crippen LogP contribution in [0.15, 0.2) is 436 Å². The molecule has 0 atom stereocenters. The van der Waals surface area contributed by atoms with Crippen LogP contribution in [0, 0.1) is 0 Å². The highest BCUT2D eigenvalue weighted by Gasteiger charge is 2.38. The van der Waals surface area contributed by atoms with Gasteiger partial charge in [-0.25, -0.2) is 15.0 Å². The van der Waals surface area contributed by atoms with Crippen molar-refractivity contribution < 1.29 is 17.7 Å². The van der Waals surface area contributed by atoms with E-state index in [1.54, 1.807) is 0 Å². The third kappa shape index (κ3) is 12.1. The normalized spacial score (nSPS) is 12.5. The van der Waals surface area contributed by atoms with E-state index in [9.17, 15) is 0 Å². The summed E-state index contributed by atoms with van der Waals surface area (Å²) in [6, 6.07) is 146. The van der Waals surface area contributed by atoms with E-state index < -0.39 is 0 Å². The van der Waals surface area contributed by atoms with E-state index in [0.29, 0.717) is 34.6 Å². The standard InChI is InChI=1S/C43H29N3O.C40H23N3O2.C40H23N3OS/c1-43(2)32-17-9-6-14-29(32)37-33(43)24-25-35-38(37)30-15-7-10-18-34(30)46(35)28-22-20-26(21-23-28)40-39-31-16-8-11-19-36(31)47-42(39)45-41(44-40)27-12-4-3-5-13-27;1-2-11-24(12-3-1)39-41-38(37-29-17-6-9-20-33(29)45-40(37)42-39)25-13-10-14-26(23-25)43-30-18-7-4-15-27(30)35-31(43)21-22-34-36(35)28-16-5-8-19-32(28)44-34;1-2-11-24(12-3-1)39-41-38(37-28-16-5-8-19-32(28)44-40(37)42-39)25-13-10-14-26(23-25)43-30-18-7-4-15-27(30)35-31(43)21-22-34-36(35)29-17-6-9-20-33(29)45-34/h3-25H,1-2H3;2*1-23H. The summed E-state index contributed by atoms with van der Waals surface area (Å²) in [6.45, 7) is 4.69. The maximum atomic E-state index is 6.31. The fraction of sp³-hybridized carbons (Fsp3) is 0.0244. The Labute approximate surface area is 786 Å². The number of aromatic nitrogens is 9. The molecule has 0 unspecified atom stereocenters. The molecule has 0 radical (unpaired) electrons. The summed E-state index contributed by atoms with van der Waals surface area (Å²) in [4.78, 5) is 30.2. The summed E-state index contributed by atoms with van der Waals surface area (Å²) in [6.07, 6.45) is 0. The second-order valence-electron chi connectivity index (χ2n) is 35.7. The molecular formula is C123H75N9O4S. The molecule has 1 aliphatic carbocycles. The van der Waals surface area contributed by atoms with Crippen LogP contribution in [0.3, 0.4) is 0 Å². The highest BCUT2D eigenvalue weighted by molar-refractivity contribution is 7.26. The molecule has 0 N–H and O–H groups in total. The van der Waals surface area contributed by atoms with Gasteiger partial charge in [-0.15, -0.1) is 11.3 Å². The average Bonchev–Trinajstić information content (AvgIpc) is 1.53. The van der Waals surface area contributed by atoms with Crippen LogP contribution in [0.2, 0.25) is 0 Å². The molecule has 0 fully saturated rings. The predicted octanol–water partition coefficient (Wildman–Crippen LogP) is 33.0. The van der Waals surface area contributed by atoms with Gasteiger partial charge in [-0.3, -0.25) is 0 Å². The highest BCUT2D eigenvalue weighted by atomic mass is 32.1. The maximum absolute atomic E-state index is 6.31. The third-order valence-corrected chi connectivity index (χ3v) is 28.8.